The largest absolute Gasteiger partial charge is 0.591 e. The first-order valence-corrected chi connectivity index (χ1v) is 5.83. The van der Waals surface area contributed by atoms with Crippen LogP contribution in [0.15, 0.2) is 0 Å². The summed E-state index contributed by atoms with van der Waals surface area (Å²) >= 11 is 0. The maximum atomic E-state index is 11.4. The number of quaternary nitrogens is 1. The van der Waals surface area contributed by atoms with Crippen LogP contribution >= 0.6 is 0 Å². The number of nitrogens with one attached hydrogen (secondary N) is 2. The van der Waals surface area contributed by atoms with E-state index < -0.39 is 23.3 Å². The van der Waals surface area contributed by atoms with E-state index in [-0.39, 0.29) is 13.2 Å². The van der Waals surface area contributed by atoms with Gasteiger partial charge >= 0.3 is 6.16 Å². The van der Waals surface area contributed by atoms with Gasteiger partial charge < -0.3 is 19.8 Å². The van der Waals surface area contributed by atoms with Crippen molar-refractivity contribution in [2.45, 2.75) is 39.6 Å². The molecule has 0 bridgehead atoms. The summed E-state index contributed by atoms with van der Waals surface area (Å²) < 4.78 is 9.65. The van der Waals surface area contributed by atoms with E-state index in [1.54, 1.807) is 20.8 Å². The SMILES string of the molecule is CC(ON[NH+]([O-])N(C)CCO)OC(=O)OC(C)(C)C. The highest BCUT2D eigenvalue weighted by atomic mass is 16.9. The van der Waals surface area contributed by atoms with E-state index in [0.717, 1.165) is 0 Å². The van der Waals surface area contributed by atoms with Crippen molar-refractivity contribution in [3.63, 3.8) is 0 Å². The molecule has 0 radical (unpaired) electrons. The van der Waals surface area contributed by atoms with Crippen molar-refractivity contribution in [2.75, 3.05) is 20.2 Å². The molecule has 0 aliphatic heterocycles. The van der Waals surface area contributed by atoms with Gasteiger partial charge in [-0.2, -0.15) is 5.28 Å². The van der Waals surface area contributed by atoms with E-state index in [1.807, 2.05) is 0 Å². The molecule has 2 atom stereocenters. The first-order chi connectivity index (χ1) is 8.65. The van der Waals surface area contributed by atoms with Gasteiger partial charge in [0.15, 0.2) is 0 Å². The Morgan fingerprint density at radius 1 is 1.53 bits per heavy atom. The molecule has 0 aromatic carbocycles. The van der Waals surface area contributed by atoms with Crippen LogP contribution in [-0.2, 0) is 14.3 Å². The van der Waals surface area contributed by atoms with E-state index in [9.17, 15) is 10.0 Å². The van der Waals surface area contributed by atoms with Crippen LogP contribution in [0.25, 0.3) is 0 Å². The monoisotopic (exact) mass is 281 g/mol. The summed E-state index contributed by atoms with van der Waals surface area (Å²) in [7, 11) is 1.48. The molecule has 114 valence electrons. The van der Waals surface area contributed by atoms with Crippen LogP contribution in [-0.4, -0.2) is 48.4 Å². The predicted octanol–water partition coefficient (Wildman–Crippen LogP) is -1.06. The van der Waals surface area contributed by atoms with Crippen molar-refractivity contribution in [1.29, 1.82) is 0 Å². The fourth-order valence-corrected chi connectivity index (χ4v) is 0.896. The quantitative estimate of drug-likeness (QED) is 0.308. The normalized spacial score (nSPS) is 15.2. The van der Waals surface area contributed by atoms with E-state index in [0.29, 0.717) is 0 Å². The molecule has 0 rings (SSSR count). The lowest BCUT2D eigenvalue weighted by Crippen LogP contribution is -3.19. The Morgan fingerprint density at radius 2 is 2.11 bits per heavy atom. The number of aliphatic hydroxyl groups is 1. The summed E-state index contributed by atoms with van der Waals surface area (Å²) in [4.78, 5) is 16.1. The van der Waals surface area contributed by atoms with E-state index in [1.165, 1.54) is 19.0 Å². The highest BCUT2D eigenvalue weighted by molar-refractivity contribution is 5.60. The standard InChI is InChI=1S/C10H23N3O6/c1-8(17-9(15)18-10(2,3)4)19-11-13(16)12(5)6-7-14/h8,11,13-14H,6-7H2,1-5H3. The lowest BCUT2D eigenvalue weighted by molar-refractivity contribution is -1.03. The fourth-order valence-electron chi connectivity index (χ4n) is 0.896. The van der Waals surface area contributed by atoms with Gasteiger partial charge in [0.25, 0.3) is 0 Å². The van der Waals surface area contributed by atoms with Crippen molar-refractivity contribution in [1.82, 2.24) is 10.6 Å². The Balaban J connectivity index is 3.92. The van der Waals surface area contributed by atoms with Gasteiger partial charge in [-0.25, -0.2) is 9.63 Å². The second-order valence-electron chi connectivity index (χ2n) is 4.82. The zero-order valence-electron chi connectivity index (χ0n) is 11.9. The average molecular weight is 281 g/mol. The molecule has 2 unspecified atom stereocenters. The minimum Gasteiger partial charge on any atom is -0.591 e. The van der Waals surface area contributed by atoms with Crippen LogP contribution in [0.1, 0.15) is 27.7 Å². The zero-order chi connectivity index (χ0) is 15.1. The number of carbonyl (C=O) groups excluding carboxylic acids is 1. The summed E-state index contributed by atoms with van der Waals surface area (Å²) in [6.07, 6.45) is -1.89. The molecule has 0 saturated heterocycles. The molecule has 0 aliphatic carbocycles. The third kappa shape index (κ3) is 9.59. The number of rotatable bonds is 7. The Labute approximate surface area is 112 Å². The van der Waals surface area contributed by atoms with Gasteiger partial charge in [0, 0.05) is 14.0 Å². The maximum absolute atomic E-state index is 11.4. The van der Waals surface area contributed by atoms with Gasteiger partial charge in [0.2, 0.25) is 6.29 Å². The van der Waals surface area contributed by atoms with Crippen LogP contribution in [0.4, 0.5) is 4.79 Å². The van der Waals surface area contributed by atoms with Crippen molar-refractivity contribution in [2.24, 2.45) is 0 Å². The Hall–Kier alpha value is -0.970. The molecule has 3 N–H and O–H groups in total. The number of hydrogen-bond acceptors (Lipinski definition) is 8. The number of carbonyl (C=O) groups is 1. The summed E-state index contributed by atoms with van der Waals surface area (Å²) in [6, 6.07) is 0. The van der Waals surface area contributed by atoms with Crippen molar-refractivity contribution < 1.29 is 29.5 Å². The maximum Gasteiger partial charge on any atom is 0.511 e. The molecule has 0 aromatic heterocycles. The molecule has 0 aromatic rings. The third-order valence-corrected chi connectivity index (χ3v) is 1.75. The topological polar surface area (TPSA) is 108 Å². The second kappa shape index (κ2) is 8.25. The van der Waals surface area contributed by atoms with Crippen molar-refractivity contribution in [3.05, 3.63) is 5.21 Å². The summed E-state index contributed by atoms with van der Waals surface area (Å²) in [5.41, 5.74) is 1.41. The van der Waals surface area contributed by atoms with Crippen LogP contribution in [0.3, 0.4) is 0 Å². The summed E-state index contributed by atoms with van der Waals surface area (Å²) in [5.74, 6) is 0. The molecular weight excluding hydrogens is 258 g/mol. The lowest BCUT2D eigenvalue weighted by Gasteiger charge is -2.29. The highest BCUT2D eigenvalue weighted by Gasteiger charge is 2.20. The van der Waals surface area contributed by atoms with E-state index in [4.69, 9.17) is 19.4 Å². The minimum atomic E-state index is -0.999. The summed E-state index contributed by atoms with van der Waals surface area (Å²) in [5, 5.41) is 20.6. The van der Waals surface area contributed by atoms with Gasteiger partial charge in [-0.3, -0.25) is 0 Å². The predicted molar refractivity (Wildman–Crippen MR) is 65.0 cm³/mol. The molecule has 0 fully saturated rings. The van der Waals surface area contributed by atoms with Gasteiger partial charge in [-0.05, 0) is 26.4 Å². The summed E-state index contributed by atoms with van der Waals surface area (Å²) in [6.45, 7) is 6.53. The van der Waals surface area contributed by atoms with Gasteiger partial charge in [-0.15, -0.1) is 5.01 Å². The first kappa shape index (κ1) is 18.0. The number of nitrogens with zero attached hydrogens (tertiary/aromatic N) is 1. The second-order valence-corrected chi connectivity index (χ2v) is 4.82. The molecule has 0 amide bonds. The van der Waals surface area contributed by atoms with Crippen LogP contribution < -0.4 is 10.9 Å². The number of ether oxygens (including phenoxy) is 2. The smallest absolute Gasteiger partial charge is 0.511 e. The average Bonchev–Trinajstić information content (AvgIpc) is 2.23. The number of likely N-dealkylation sites (N-methyl/N-ethyl adjacent to an activating group) is 1. The Bertz CT molecular complexity index is 270. The molecule has 9 heteroatoms. The molecule has 0 aliphatic rings. The van der Waals surface area contributed by atoms with Crippen LogP contribution in [0, 0.1) is 5.21 Å². The fraction of sp³-hybridized carbons (Fsp3) is 0.900. The molecule has 9 nitrogen and oxygen atoms in total. The van der Waals surface area contributed by atoms with Crippen molar-refractivity contribution in [3.8, 4) is 0 Å². The van der Waals surface area contributed by atoms with Gasteiger partial charge in [-0.1, -0.05) is 0 Å². The molecule has 19 heavy (non-hydrogen) atoms. The lowest BCUT2D eigenvalue weighted by atomic mass is 10.2. The van der Waals surface area contributed by atoms with Crippen LogP contribution in [0.5, 0.6) is 0 Å². The molecular formula is C10H23N3O6. The Morgan fingerprint density at radius 3 is 2.58 bits per heavy atom. The molecule has 0 spiro atoms. The van der Waals surface area contributed by atoms with Gasteiger partial charge in [0.05, 0.1) is 13.2 Å². The Kier molecular flexibility index (Phi) is 7.83. The highest BCUT2D eigenvalue weighted by Crippen LogP contribution is 2.09. The zero-order valence-corrected chi connectivity index (χ0v) is 11.9. The first-order valence-electron chi connectivity index (χ1n) is 5.83. The van der Waals surface area contributed by atoms with Crippen LogP contribution in [0.2, 0.25) is 0 Å². The number of aliphatic hydroxyl groups excluding tert-OH is 1. The van der Waals surface area contributed by atoms with Gasteiger partial charge in [0.1, 0.15) is 5.60 Å². The third-order valence-electron chi connectivity index (χ3n) is 1.75. The van der Waals surface area contributed by atoms with E-state index >= 15 is 0 Å². The molecule has 0 heterocycles. The van der Waals surface area contributed by atoms with Crippen molar-refractivity contribution >= 4 is 6.16 Å². The molecule has 0 saturated carbocycles. The number of hydrogen-bond donors (Lipinski definition) is 3. The van der Waals surface area contributed by atoms with E-state index in [2.05, 4.69) is 5.59 Å². The minimum absolute atomic E-state index is 0.159.